The molecule has 13 heavy (non-hydrogen) atoms. The van der Waals surface area contributed by atoms with Crippen molar-refractivity contribution in [2.75, 3.05) is 6.54 Å². The van der Waals surface area contributed by atoms with E-state index in [1.165, 1.54) is 18.4 Å². The van der Waals surface area contributed by atoms with Gasteiger partial charge in [-0.3, -0.25) is 0 Å². The van der Waals surface area contributed by atoms with Crippen LogP contribution in [0, 0.1) is 0 Å². The maximum atomic E-state index is 9.15. The van der Waals surface area contributed by atoms with Crippen LogP contribution in [-0.2, 0) is 5.54 Å². The maximum absolute atomic E-state index is 9.15. The molecule has 70 valence electrons. The van der Waals surface area contributed by atoms with Gasteiger partial charge in [0.05, 0.1) is 0 Å². The van der Waals surface area contributed by atoms with E-state index in [0.717, 1.165) is 6.54 Å². The van der Waals surface area contributed by atoms with Gasteiger partial charge in [0.15, 0.2) is 0 Å². The Morgan fingerprint density at radius 2 is 1.92 bits per heavy atom. The number of aromatic hydroxyl groups is 1. The summed E-state index contributed by atoms with van der Waals surface area (Å²) < 4.78 is 0. The lowest BCUT2D eigenvalue weighted by molar-refractivity contribution is 0.473. The van der Waals surface area contributed by atoms with Gasteiger partial charge in [0.25, 0.3) is 0 Å². The van der Waals surface area contributed by atoms with Crippen LogP contribution >= 0.6 is 0 Å². The molecule has 1 aliphatic rings. The highest BCUT2D eigenvalue weighted by Crippen LogP contribution is 2.45. The number of rotatable bonds is 3. The molecule has 2 rings (SSSR count). The van der Waals surface area contributed by atoms with Crippen molar-refractivity contribution in [3.05, 3.63) is 29.8 Å². The lowest BCUT2D eigenvalue weighted by Gasteiger charge is -2.16. The normalized spacial score (nSPS) is 18.5. The fourth-order valence-corrected chi connectivity index (χ4v) is 1.81. The Hall–Kier alpha value is -1.02. The first-order valence-electron chi connectivity index (χ1n) is 4.81. The number of hydrogen-bond donors (Lipinski definition) is 2. The molecule has 1 saturated carbocycles. The van der Waals surface area contributed by atoms with Crippen LogP contribution in [0.3, 0.4) is 0 Å². The van der Waals surface area contributed by atoms with Gasteiger partial charge in [0, 0.05) is 5.54 Å². The summed E-state index contributed by atoms with van der Waals surface area (Å²) in [5.41, 5.74) is 1.52. The smallest absolute Gasteiger partial charge is 0.115 e. The Bertz CT molecular complexity index is 287. The summed E-state index contributed by atoms with van der Waals surface area (Å²) >= 11 is 0. The highest BCUT2D eigenvalue weighted by molar-refractivity contribution is 5.34. The van der Waals surface area contributed by atoms with Crippen LogP contribution < -0.4 is 5.32 Å². The first kappa shape index (κ1) is 8.57. The van der Waals surface area contributed by atoms with Crippen LogP contribution in [0.5, 0.6) is 5.75 Å². The summed E-state index contributed by atoms with van der Waals surface area (Å²) in [6, 6.07) is 7.52. The molecule has 1 aromatic carbocycles. The minimum absolute atomic E-state index is 0.225. The predicted octanol–water partition coefficient (Wildman–Crippen LogP) is 1.99. The van der Waals surface area contributed by atoms with Gasteiger partial charge in [0.2, 0.25) is 0 Å². The second kappa shape index (κ2) is 3.04. The average molecular weight is 177 g/mol. The number of benzene rings is 1. The summed E-state index contributed by atoms with van der Waals surface area (Å²) in [5, 5.41) is 12.6. The van der Waals surface area contributed by atoms with Crippen LogP contribution in [-0.4, -0.2) is 11.7 Å². The highest BCUT2D eigenvalue weighted by Gasteiger charge is 2.43. The molecular formula is C11H15NO. The van der Waals surface area contributed by atoms with Crippen molar-refractivity contribution < 1.29 is 5.11 Å². The third-order valence-corrected chi connectivity index (χ3v) is 2.69. The van der Waals surface area contributed by atoms with E-state index in [2.05, 4.69) is 12.2 Å². The molecule has 1 fully saturated rings. The topological polar surface area (TPSA) is 32.3 Å². The minimum Gasteiger partial charge on any atom is -0.508 e. The van der Waals surface area contributed by atoms with Crippen molar-refractivity contribution in [3.63, 3.8) is 0 Å². The summed E-state index contributed by atoms with van der Waals surface area (Å²) in [4.78, 5) is 0. The van der Waals surface area contributed by atoms with Crippen LogP contribution in [0.25, 0.3) is 0 Å². The summed E-state index contributed by atoms with van der Waals surface area (Å²) in [5.74, 6) is 0.344. The SMILES string of the molecule is CCNC1(c2ccc(O)cc2)CC1. The molecule has 0 amide bonds. The number of hydrogen-bond acceptors (Lipinski definition) is 2. The Morgan fingerprint density at radius 3 is 2.38 bits per heavy atom. The number of phenols is 1. The largest absolute Gasteiger partial charge is 0.508 e. The second-order valence-corrected chi connectivity index (χ2v) is 3.66. The van der Waals surface area contributed by atoms with Gasteiger partial charge >= 0.3 is 0 Å². The molecule has 2 N–H and O–H groups in total. The lowest BCUT2D eigenvalue weighted by atomic mass is 10.1. The zero-order chi connectivity index (χ0) is 9.31. The van der Waals surface area contributed by atoms with Gasteiger partial charge in [-0.05, 0) is 37.1 Å². The zero-order valence-corrected chi connectivity index (χ0v) is 7.88. The number of phenolic OH excluding ortho intramolecular Hbond substituents is 1. The van der Waals surface area contributed by atoms with Crippen molar-refractivity contribution >= 4 is 0 Å². The van der Waals surface area contributed by atoms with Gasteiger partial charge in [-0.15, -0.1) is 0 Å². The third-order valence-electron chi connectivity index (χ3n) is 2.69. The monoisotopic (exact) mass is 177 g/mol. The van der Waals surface area contributed by atoms with Crippen molar-refractivity contribution in [2.24, 2.45) is 0 Å². The van der Waals surface area contributed by atoms with Crippen molar-refractivity contribution in [1.29, 1.82) is 0 Å². The van der Waals surface area contributed by atoms with Gasteiger partial charge in [0.1, 0.15) is 5.75 Å². The molecule has 2 nitrogen and oxygen atoms in total. The van der Waals surface area contributed by atoms with E-state index in [1.54, 1.807) is 12.1 Å². The Morgan fingerprint density at radius 1 is 1.31 bits per heavy atom. The predicted molar refractivity (Wildman–Crippen MR) is 52.7 cm³/mol. The molecule has 0 bridgehead atoms. The van der Waals surface area contributed by atoms with E-state index in [0.29, 0.717) is 5.75 Å². The maximum Gasteiger partial charge on any atom is 0.115 e. The summed E-state index contributed by atoms with van der Waals surface area (Å²) in [6.07, 6.45) is 2.43. The fraction of sp³-hybridized carbons (Fsp3) is 0.455. The summed E-state index contributed by atoms with van der Waals surface area (Å²) in [7, 11) is 0. The average Bonchev–Trinajstić information content (AvgIpc) is 2.87. The first-order chi connectivity index (χ1) is 6.27. The molecular weight excluding hydrogens is 162 g/mol. The van der Waals surface area contributed by atoms with Crippen LogP contribution in [0.1, 0.15) is 25.3 Å². The Balaban J connectivity index is 2.20. The molecule has 0 aliphatic heterocycles. The molecule has 0 unspecified atom stereocenters. The minimum atomic E-state index is 0.225. The van der Waals surface area contributed by atoms with E-state index < -0.39 is 0 Å². The van der Waals surface area contributed by atoms with Crippen LogP contribution in [0.4, 0.5) is 0 Å². The van der Waals surface area contributed by atoms with E-state index in [9.17, 15) is 0 Å². The summed E-state index contributed by atoms with van der Waals surface area (Å²) in [6.45, 7) is 3.13. The number of nitrogens with one attached hydrogen (secondary N) is 1. The molecule has 0 spiro atoms. The van der Waals surface area contributed by atoms with Gasteiger partial charge in [-0.25, -0.2) is 0 Å². The molecule has 0 aromatic heterocycles. The molecule has 1 aromatic rings. The van der Waals surface area contributed by atoms with Gasteiger partial charge in [-0.2, -0.15) is 0 Å². The van der Waals surface area contributed by atoms with Crippen LogP contribution in [0.15, 0.2) is 24.3 Å². The Labute approximate surface area is 78.6 Å². The van der Waals surface area contributed by atoms with Crippen molar-refractivity contribution in [1.82, 2.24) is 5.32 Å². The van der Waals surface area contributed by atoms with Crippen LogP contribution in [0.2, 0.25) is 0 Å². The first-order valence-corrected chi connectivity index (χ1v) is 4.81. The molecule has 1 aliphatic carbocycles. The standard InChI is InChI=1S/C11H15NO/c1-2-12-11(7-8-11)9-3-5-10(13)6-4-9/h3-6,12-13H,2,7-8H2,1H3. The van der Waals surface area contributed by atoms with Crippen molar-refractivity contribution in [2.45, 2.75) is 25.3 Å². The van der Waals surface area contributed by atoms with E-state index in [1.807, 2.05) is 12.1 Å². The lowest BCUT2D eigenvalue weighted by Crippen LogP contribution is -2.28. The van der Waals surface area contributed by atoms with E-state index in [-0.39, 0.29) is 5.54 Å². The molecule has 0 saturated heterocycles. The molecule has 0 heterocycles. The third kappa shape index (κ3) is 1.54. The molecule has 2 heteroatoms. The fourth-order valence-electron chi connectivity index (χ4n) is 1.81. The highest BCUT2D eigenvalue weighted by atomic mass is 16.3. The zero-order valence-electron chi connectivity index (χ0n) is 7.88. The van der Waals surface area contributed by atoms with Gasteiger partial charge < -0.3 is 10.4 Å². The quantitative estimate of drug-likeness (QED) is 0.740. The Kier molecular flexibility index (Phi) is 2.00. The van der Waals surface area contributed by atoms with Gasteiger partial charge in [-0.1, -0.05) is 19.1 Å². The molecule has 0 radical (unpaired) electrons. The van der Waals surface area contributed by atoms with Crippen molar-refractivity contribution in [3.8, 4) is 5.75 Å². The van der Waals surface area contributed by atoms with E-state index >= 15 is 0 Å². The van der Waals surface area contributed by atoms with E-state index in [4.69, 9.17) is 5.11 Å². The second-order valence-electron chi connectivity index (χ2n) is 3.66. The molecule has 0 atom stereocenters.